The van der Waals surface area contributed by atoms with Crippen molar-refractivity contribution in [2.24, 2.45) is 5.92 Å². The van der Waals surface area contributed by atoms with Crippen LogP contribution in [0.3, 0.4) is 0 Å². The minimum absolute atomic E-state index is 0.00242. The average Bonchev–Trinajstić information content (AvgIpc) is 2.96. The third-order valence-electron chi connectivity index (χ3n) is 4.53. The van der Waals surface area contributed by atoms with E-state index in [0.717, 1.165) is 17.7 Å². The molecule has 2 rings (SSSR count). The Morgan fingerprint density at radius 3 is 2.50 bits per heavy atom. The summed E-state index contributed by atoms with van der Waals surface area (Å²) in [5.74, 6) is 0.0976. The molecule has 0 N–H and O–H groups in total. The molecular weight excluding hydrogens is 324 g/mol. The van der Waals surface area contributed by atoms with Crippen LogP contribution in [0.2, 0.25) is 0 Å². The Morgan fingerprint density at radius 2 is 2.00 bits per heavy atom. The first-order chi connectivity index (χ1) is 11.4. The lowest BCUT2D eigenvalue weighted by atomic mass is 9.96. The van der Waals surface area contributed by atoms with Gasteiger partial charge in [-0.1, -0.05) is 32.4 Å². The van der Waals surface area contributed by atoms with E-state index in [4.69, 9.17) is 4.74 Å². The van der Waals surface area contributed by atoms with Crippen molar-refractivity contribution in [1.29, 1.82) is 0 Å². The summed E-state index contributed by atoms with van der Waals surface area (Å²) in [4.78, 5) is 28.6. The number of hydrogen-bond acceptors (Lipinski definition) is 5. The second kappa shape index (κ2) is 7.92. The van der Waals surface area contributed by atoms with E-state index in [9.17, 15) is 9.59 Å². The summed E-state index contributed by atoms with van der Waals surface area (Å²) in [6.07, 6.45) is 0.806. The minimum atomic E-state index is -0.541. The molecule has 5 nitrogen and oxygen atoms in total. The van der Waals surface area contributed by atoms with E-state index in [0.29, 0.717) is 5.75 Å². The molecule has 0 radical (unpaired) electrons. The van der Waals surface area contributed by atoms with Crippen molar-refractivity contribution in [3.05, 3.63) is 29.8 Å². The molecule has 1 aliphatic heterocycles. The van der Waals surface area contributed by atoms with Crippen molar-refractivity contribution >= 4 is 29.3 Å². The van der Waals surface area contributed by atoms with Gasteiger partial charge in [0, 0.05) is 19.8 Å². The number of carbonyl (C=O) groups is 2. The molecule has 2 unspecified atom stereocenters. The fourth-order valence-corrected chi connectivity index (χ4v) is 4.10. The van der Waals surface area contributed by atoms with Crippen molar-refractivity contribution in [3.63, 3.8) is 0 Å². The highest BCUT2D eigenvalue weighted by Gasteiger charge is 2.43. The zero-order valence-electron chi connectivity index (χ0n) is 15.0. The highest BCUT2D eigenvalue weighted by Crippen LogP contribution is 2.42. The Morgan fingerprint density at radius 1 is 1.38 bits per heavy atom. The fourth-order valence-electron chi connectivity index (χ4n) is 2.89. The summed E-state index contributed by atoms with van der Waals surface area (Å²) in [6, 6.07) is 7.59. The van der Waals surface area contributed by atoms with Crippen LogP contribution in [0.1, 0.15) is 31.2 Å². The predicted octanol–water partition coefficient (Wildman–Crippen LogP) is 2.91. The number of amides is 1. The van der Waals surface area contributed by atoms with E-state index in [1.165, 1.54) is 7.11 Å². The highest BCUT2D eigenvalue weighted by molar-refractivity contribution is 8.00. The van der Waals surface area contributed by atoms with Gasteiger partial charge >= 0.3 is 5.97 Å². The van der Waals surface area contributed by atoms with Crippen molar-refractivity contribution in [3.8, 4) is 0 Å². The summed E-state index contributed by atoms with van der Waals surface area (Å²) in [5.41, 5.74) is 2.14. The molecule has 0 aliphatic carbocycles. The van der Waals surface area contributed by atoms with Crippen LogP contribution in [0.15, 0.2) is 24.3 Å². The van der Waals surface area contributed by atoms with Crippen LogP contribution in [-0.2, 0) is 14.3 Å². The molecule has 3 atom stereocenters. The van der Waals surface area contributed by atoms with E-state index < -0.39 is 6.04 Å². The van der Waals surface area contributed by atoms with Gasteiger partial charge in [-0.05, 0) is 23.6 Å². The van der Waals surface area contributed by atoms with Gasteiger partial charge < -0.3 is 14.5 Å². The lowest BCUT2D eigenvalue weighted by molar-refractivity contribution is -0.154. The molecule has 6 heteroatoms. The zero-order chi connectivity index (χ0) is 17.9. The van der Waals surface area contributed by atoms with Gasteiger partial charge in [0.15, 0.2) is 0 Å². The molecule has 1 fully saturated rings. The Bertz CT molecular complexity index is 588. The molecule has 1 heterocycles. The average molecular weight is 350 g/mol. The molecule has 0 spiro atoms. The molecule has 1 aliphatic rings. The summed E-state index contributed by atoms with van der Waals surface area (Å²) < 4.78 is 4.98. The van der Waals surface area contributed by atoms with E-state index in [1.807, 2.05) is 57.1 Å². The first-order valence-corrected chi connectivity index (χ1v) is 9.23. The van der Waals surface area contributed by atoms with E-state index in [1.54, 1.807) is 16.7 Å². The van der Waals surface area contributed by atoms with Crippen molar-refractivity contribution < 1.29 is 14.3 Å². The van der Waals surface area contributed by atoms with Gasteiger partial charge in [0.25, 0.3) is 0 Å². The second-order valence-electron chi connectivity index (χ2n) is 6.30. The molecular formula is C18H26N2O3S. The quantitative estimate of drug-likeness (QED) is 0.739. The maximum Gasteiger partial charge on any atom is 0.328 e. The van der Waals surface area contributed by atoms with Gasteiger partial charge in [-0.3, -0.25) is 4.79 Å². The molecule has 24 heavy (non-hydrogen) atoms. The van der Waals surface area contributed by atoms with E-state index in [2.05, 4.69) is 0 Å². The van der Waals surface area contributed by atoms with E-state index in [-0.39, 0.29) is 23.2 Å². The van der Waals surface area contributed by atoms with Crippen molar-refractivity contribution in [2.75, 3.05) is 31.9 Å². The van der Waals surface area contributed by atoms with Crippen LogP contribution in [0.4, 0.5) is 5.69 Å². The molecule has 1 aromatic carbocycles. The molecule has 1 aromatic rings. The first kappa shape index (κ1) is 18.6. The number of benzene rings is 1. The smallest absolute Gasteiger partial charge is 0.328 e. The van der Waals surface area contributed by atoms with Gasteiger partial charge in [0.05, 0.1) is 12.9 Å². The lowest BCUT2D eigenvalue weighted by Crippen LogP contribution is -2.47. The Hall–Kier alpha value is -1.69. The molecule has 0 aromatic heterocycles. The van der Waals surface area contributed by atoms with Crippen LogP contribution in [0.5, 0.6) is 0 Å². The number of ether oxygens (including phenoxy) is 1. The SMILES string of the molecule is CC[C@H](C)C(C(=O)OC)N1C(=O)CSC1c1ccc(N(C)C)cc1. The van der Waals surface area contributed by atoms with Gasteiger partial charge in [-0.25, -0.2) is 4.79 Å². The summed E-state index contributed by atoms with van der Waals surface area (Å²) in [7, 11) is 5.36. The van der Waals surface area contributed by atoms with Crippen LogP contribution in [0, 0.1) is 5.92 Å². The number of methoxy groups -OCH3 is 1. The Kier molecular flexibility index (Phi) is 6.15. The number of nitrogens with zero attached hydrogens (tertiary/aromatic N) is 2. The maximum absolute atomic E-state index is 12.5. The topological polar surface area (TPSA) is 49.9 Å². The van der Waals surface area contributed by atoms with Crippen LogP contribution in [0.25, 0.3) is 0 Å². The van der Waals surface area contributed by atoms with Gasteiger partial charge in [0.2, 0.25) is 5.91 Å². The monoisotopic (exact) mass is 350 g/mol. The van der Waals surface area contributed by atoms with Crippen LogP contribution >= 0.6 is 11.8 Å². The first-order valence-electron chi connectivity index (χ1n) is 8.18. The van der Waals surface area contributed by atoms with Crippen molar-refractivity contribution in [2.45, 2.75) is 31.7 Å². The third-order valence-corrected chi connectivity index (χ3v) is 5.75. The Labute approximate surface area is 148 Å². The number of carbonyl (C=O) groups excluding carboxylic acids is 2. The Balaban J connectivity index is 2.34. The predicted molar refractivity (Wildman–Crippen MR) is 98.1 cm³/mol. The van der Waals surface area contributed by atoms with Crippen LogP contribution in [-0.4, -0.2) is 49.8 Å². The summed E-state index contributed by atoms with van der Waals surface area (Å²) in [6.45, 7) is 4.01. The number of thioether (sulfide) groups is 1. The molecule has 1 amide bonds. The zero-order valence-corrected chi connectivity index (χ0v) is 15.8. The lowest BCUT2D eigenvalue weighted by Gasteiger charge is -2.34. The van der Waals surface area contributed by atoms with Gasteiger partial charge in [-0.2, -0.15) is 0 Å². The van der Waals surface area contributed by atoms with Crippen molar-refractivity contribution in [1.82, 2.24) is 4.90 Å². The maximum atomic E-state index is 12.5. The molecule has 132 valence electrons. The largest absolute Gasteiger partial charge is 0.467 e. The minimum Gasteiger partial charge on any atom is -0.467 e. The standard InChI is InChI=1S/C18H26N2O3S/c1-6-12(2)16(18(22)23-5)20-15(21)11-24-17(20)13-7-9-14(10-8-13)19(3)4/h7-10,12,16-17H,6,11H2,1-5H3/t12-,16?,17?/m0/s1. The van der Waals surface area contributed by atoms with Gasteiger partial charge in [-0.15, -0.1) is 11.8 Å². The second-order valence-corrected chi connectivity index (χ2v) is 7.37. The summed E-state index contributed by atoms with van der Waals surface area (Å²) in [5, 5.41) is -0.146. The normalized spacial score (nSPS) is 20.0. The highest BCUT2D eigenvalue weighted by atomic mass is 32.2. The third kappa shape index (κ3) is 3.69. The molecule has 1 saturated heterocycles. The number of anilines is 1. The van der Waals surface area contributed by atoms with Gasteiger partial charge in [0.1, 0.15) is 11.4 Å². The molecule has 0 saturated carbocycles. The number of rotatable bonds is 6. The number of esters is 1. The summed E-state index contributed by atoms with van der Waals surface area (Å²) >= 11 is 1.57. The van der Waals surface area contributed by atoms with E-state index >= 15 is 0 Å². The number of hydrogen-bond donors (Lipinski definition) is 0. The fraction of sp³-hybridized carbons (Fsp3) is 0.556. The molecule has 0 bridgehead atoms. The van der Waals surface area contributed by atoms with Crippen LogP contribution < -0.4 is 4.90 Å².